The summed E-state index contributed by atoms with van der Waals surface area (Å²) in [6.07, 6.45) is 6.61. The standard InChI is InChI=1S/C16H15N3O2/c1-21-15-10-3-2-7-13(15)8-6-12-18-19-16(20)14-9-4-5-11-17-14/h2-12H,1H3,(H,19,20)/b8-6+,18-12?. The summed E-state index contributed by atoms with van der Waals surface area (Å²) in [6, 6.07) is 12.7. The largest absolute Gasteiger partial charge is 0.496 e. The second-order valence-corrected chi connectivity index (χ2v) is 4.04. The minimum absolute atomic E-state index is 0.323. The summed E-state index contributed by atoms with van der Waals surface area (Å²) in [5.74, 6) is 0.428. The number of nitrogens with one attached hydrogen (secondary N) is 1. The summed E-state index contributed by atoms with van der Waals surface area (Å²) < 4.78 is 5.22. The molecule has 0 atom stereocenters. The normalized spacial score (nSPS) is 10.9. The van der Waals surface area contributed by atoms with Crippen molar-refractivity contribution in [3.8, 4) is 5.75 Å². The van der Waals surface area contributed by atoms with E-state index in [0.717, 1.165) is 11.3 Å². The van der Waals surface area contributed by atoms with Crippen molar-refractivity contribution in [1.29, 1.82) is 0 Å². The van der Waals surface area contributed by atoms with Gasteiger partial charge in [-0.25, -0.2) is 5.43 Å². The fraction of sp³-hybridized carbons (Fsp3) is 0.0625. The number of hydrogen-bond acceptors (Lipinski definition) is 4. The highest BCUT2D eigenvalue weighted by molar-refractivity contribution is 5.92. The second-order valence-electron chi connectivity index (χ2n) is 4.04. The molecule has 0 unspecified atom stereocenters. The lowest BCUT2D eigenvalue weighted by atomic mass is 10.2. The predicted octanol–water partition coefficient (Wildman–Crippen LogP) is 2.52. The van der Waals surface area contributed by atoms with Crippen molar-refractivity contribution in [2.45, 2.75) is 0 Å². The Labute approximate surface area is 123 Å². The lowest BCUT2D eigenvalue weighted by Crippen LogP contribution is -2.18. The van der Waals surface area contributed by atoms with Gasteiger partial charge in [0.1, 0.15) is 11.4 Å². The summed E-state index contributed by atoms with van der Waals surface area (Å²) in [5.41, 5.74) is 3.65. The van der Waals surface area contributed by atoms with E-state index in [1.807, 2.05) is 30.3 Å². The van der Waals surface area contributed by atoms with Gasteiger partial charge < -0.3 is 4.74 Å². The molecule has 1 aromatic carbocycles. The number of nitrogens with zero attached hydrogens (tertiary/aromatic N) is 2. The second kappa shape index (κ2) is 7.59. The van der Waals surface area contributed by atoms with Crippen LogP contribution in [0.5, 0.6) is 5.75 Å². The molecule has 0 fully saturated rings. The van der Waals surface area contributed by atoms with Crippen LogP contribution in [0.3, 0.4) is 0 Å². The number of pyridine rings is 1. The van der Waals surface area contributed by atoms with Crippen molar-refractivity contribution in [2.75, 3.05) is 7.11 Å². The SMILES string of the molecule is COc1ccccc1/C=C/C=NNC(=O)c1ccccn1. The zero-order chi connectivity index (χ0) is 14.9. The Hall–Kier alpha value is -2.95. The third-order valence-corrected chi connectivity index (χ3v) is 2.64. The van der Waals surface area contributed by atoms with Crippen molar-refractivity contribution in [1.82, 2.24) is 10.4 Å². The van der Waals surface area contributed by atoms with Crippen LogP contribution < -0.4 is 10.2 Å². The lowest BCUT2D eigenvalue weighted by molar-refractivity contribution is 0.0950. The summed E-state index contributed by atoms with van der Waals surface area (Å²) in [6.45, 7) is 0. The first-order valence-corrected chi connectivity index (χ1v) is 6.35. The van der Waals surface area contributed by atoms with Crippen molar-refractivity contribution in [2.24, 2.45) is 5.10 Å². The minimum Gasteiger partial charge on any atom is -0.496 e. The van der Waals surface area contributed by atoms with Gasteiger partial charge in [-0.15, -0.1) is 0 Å². The highest BCUT2D eigenvalue weighted by Gasteiger charge is 2.02. The van der Waals surface area contributed by atoms with Crippen molar-refractivity contribution in [3.63, 3.8) is 0 Å². The zero-order valence-corrected chi connectivity index (χ0v) is 11.6. The minimum atomic E-state index is -0.349. The Kier molecular flexibility index (Phi) is 5.23. The summed E-state index contributed by atoms with van der Waals surface area (Å²) in [5, 5.41) is 3.83. The summed E-state index contributed by atoms with van der Waals surface area (Å²) in [7, 11) is 1.62. The highest BCUT2D eigenvalue weighted by Crippen LogP contribution is 2.18. The molecule has 0 saturated carbocycles. The highest BCUT2D eigenvalue weighted by atomic mass is 16.5. The molecule has 0 aliphatic heterocycles. The Morgan fingerprint density at radius 2 is 2.05 bits per heavy atom. The van der Waals surface area contributed by atoms with Gasteiger partial charge in [-0.1, -0.05) is 24.3 Å². The van der Waals surface area contributed by atoms with Crippen LogP contribution in [-0.2, 0) is 0 Å². The van der Waals surface area contributed by atoms with E-state index in [1.54, 1.807) is 37.6 Å². The van der Waals surface area contributed by atoms with E-state index in [2.05, 4.69) is 15.5 Å². The maximum atomic E-state index is 11.6. The van der Waals surface area contributed by atoms with Gasteiger partial charge in [0.2, 0.25) is 0 Å². The number of methoxy groups -OCH3 is 1. The molecule has 1 aromatic heterocycles. The van der Waals surface area contributed by atoms with Gasteiger partial charge in [0.05, 0.1) is 7.11 Å². The first-order chi connectivity index (χ1) is 10.3. The number of amides is 1. The van der Waals surface area contributed by atoms with E-state index in [0.29, 0.717) is 5.69 Å². The maximum absolute atomic E-state index is 11.6. The van der Waals surface area contributed by atoms with E-state index >= 15 is 0 Å². The summed E-state index contributed by atoms with van der Waals surface area (Å²) >= 11 is 0. The van der Waals surface area contributed by atoms with Crippen LogP contribution in [0.2, 0.25) is 0 Å². The van der Waals surface area contributed by atoms with Gasteiger partial charge >= 0.3 is 0 Å². The number of aromatic nitrogens is 1. The number of carbonyl (C=O) groups is 1. The lowest BCUT2D eigenvalue weighted by Gasteiger charge is -2.02. The van der Waals surface area contributed by atoms with Gasteiger partial charge in [-0.3, -0.25) is 9.78 Å². The molecule has 0 radical (unpaired) electrons. The Bertz CT molecular complexity index is 652. The fourth-order valence-electron chi connectivity index (χ4n) is 1.64. The van der Waals surface area contributed by atoms with E-state index < -0.39 is 0 Å². The summed E-state index contributed by atoms with van der Waals surface area (Å²) in [4.78, 5) is 15.6. The van der Waals surface area contributed by atoms with E-state index in [4.69, 9.17) is 4.74 Å². The third kappa shape index (κ3) is 4.28. The Morgan fingerprint density at radius 1 is 1.24 bits per heavy atom. The molecule has 1 heterocycles. The number of carbonyl (C=O) groups excluding carboxylic acids is 1. The molecule has 5 nitrogen and oxygen atoms in total. The molecule has 0 aliphatic carbocycles. The zero-order valence-electron chi connectivity index (χ0n) is 11.6. The van der Waals surface area contributed by atoms with Crippen LogP contribution >= 0.6 is 0 Å². The average Bonchev–Trinajstić information content (AvgIpc) is 2.55. The third-order valence-electron chi connectivity index (χ3n) is 2.64. The van der Waals surface area contributed by atoms with E-state index in [1.165, 1.54) is 6.21 Å². The molecule has 5 heteroatoms. The molecule has 1 amide bonds. The number of ether oxygens (including phenoxy) is 1. The molecule has 2 rings (SSSR count). The van der Waals surface area contributed by atoms with Crippen LogP contribution in [0.4, 0.5) is 0 Å². The van der Waals surface area contributed by atoms with Crippen LogP contribution in [0.1, 0.15) is 16.1 Å². The van der Waals surface area contributed by atoms with Crippen molar-refractivity contribution in [3.05, 3.63) is 66.0 Å². The first kappa shape index (κ1) is 14.5. The van der Waals surface area contributed by atoms with E-state index in [-0.39, 0.29) is 5.91 Å². The number of para-hydroxylation sites is 1. The molecule has 0 aliphatic rings. The van der Waals surface area contributed by atoms with E-state index in [9.17, 15) is 4.79 Å². The average molecular weight is 281 g/mol. The number of benzene rings is 1. The fourth-order valence-corrected chi connectivity index (χ4v) is 1.64. The van der Waals surface area contributed by atoms with Crippen LogP contribution in [0, 0.1) is 0 Å². The predicted molar refractivity (Wildman–Crippen MR) is 82.2 cm³/mol. The number of rotatable bonds is 5. The number of hydrogen-bond donors (Lipinski definition) is 1. The Morgan fingerprint density at radius 3 is 2.81 bits per heavy atom. The maximum Gasteiger partial charge on any atom is 0.289 e. The van der Waals surface area contributed by atoms with Gasteiger partial charge in [0.25, 0.3) is 5.91 Å². The van der Waals surface area contributed by atoms with Crippen LogP contribution in [0.25, 0.3) is 6.08 Å². The topological polar surface area (TPSA) is 63.6 Å². The van der Waals surface area contributed by atoms with Gasteiger partial charge in [-0.05, 0) is 30.4 Å². The molecular weight excluding hydrogens is 266 g/mol. The number of allylic oxidation sites excluding steroid dienone is 1. The molecule has 0 spiro atoms. The van der Waals surface area contributed by atoms with Gasteiger partial charge in [0, 0.05) is 18.0 Å². The quantitative estimate of drug-likeness (QED) is 0.676. The molecule has 0 bridgehead atoms. The van der Waals surface area contributed by atoms with Gasteiger partial charge in [0.15, 0.2) is 0 Å². The van der Waals surface area contributed by atoms with Crippen molar-refractivity contribution < 1.29 is 9.53 Å². The molecular formula is C16H15N3O2. The smallest absolute Gasteiger partial charge is 0.289 e. The molecule has 1 N–H and O–H groups in total. The van der Waals surface area contributed by atoms with Crippen LogP contribution in [-0.4, -0.2) is 24.2 Å². The van der Waals surface area contributed by atoms with Crippen molar-refractivity contribution >= 4 is 18.2 Å². The van der Waals surface area contributed by atoms with Gasteiger partial charge in [-0.2, -0.15) is 5.10 Å². The number of hydrazone groups is 1. The Balaban J connectivity index is 1.91. The molecule has 21 heavy (non-hydrogen) atoms. The molecule has 2 aromatic rings. The first-order valence-electron chi connectivity index (χ1n) is 6.35. The monoisotopic (exact) mass is 281 g/mol. The van der Waals surface area contributed by atoms with Crippen LogP contribution in [0.15, 0.2) is 59.8 Å². The molecule has 106 valence electrons. The molecule has 0 saturated heterocycles.